The average molecular weight is 397 g/mol. The predicted octanol–water partition coefficient (Wildman–Crippen LogP) is 4.96. The van der Waals surface area contributed by atoms with Crippen LogP contribution in [0.4, 0.5) is 0 Å². The summed E-state index contributed by atoms with van der Waals surface area (Å²) in [6.07, 6.45) is 2.26. The maximum absolute atomic E-state index is 12.9. The van der Waals surface area contributed by atoms with Crippen molar-refractivity contribution in [1.82, 2.24) is 9.88 Å². The quantitative estimate of drug-likeness (QED) is 0.662. The average Bonchev–Trinajstić information content (AvgIpc) is 3.38. The highest BCUT2D eigenvalue weighted by atomic mass is 32.1. The van der Waals surface area contributed by atoms with E-state index in [0.29, 0.717) is 13.1 Å². The van der Waals surface area contributed by atoms with Crippen LogP contribution < -0.4 is 5.32 Å². The largest absolute Gasteiger partial charge is 0.376 e. The second-order valence-electron chi connectivity index (χ2n) is 8.58. The molecule has 1 aromatic carbocycles. The molecule has 4 rings (SSSR count). The van der Waals surface area contributed by atoms with Gasteiger partial charge in [0.05, 0.1) is 16.3 Å². The van der Waals surface area contributed by atoms with E-state index >= 15 is 0 Å². The summed E-state index contributed by atoms with van der Waals surface area (Å²) in [6.45, 7) is 8.74. The molecule has 1 fully saturated rings. The second kappa shape index (κ2) is 7.72. The number of amides is 1. The zero-order valence-corrected chi connectivity index (χ0v) is 17.6. The molecule has 1 amide bonds. The van der Waals surface area contributed by atoms with Crippen molar-refractivity contribution < 1.29 is 9.53 Å². The molecule has 4 nitrogen and oxygen atoms in total. The Labute approximate surface area is 170 Å². The van der Waals surface area contributed by atoms with Gasteiger partial charge in [0.1, 0.15) is 5.69 Å². The Morgan fingerprint density at radius 3 is 2.71 bits per heavy atom. The molecule has 2 aromatic heterocycles. The van der Waals surface area contributed by atoms with Crippen molar-refractivity contribution in [2.75, 3.05) is 13.2 Å². The fourth-order valence-corrected chi connectivity index (χ4v) is 4.55. The van der Waals surface area contributed by atoms with Gasteiger partial charge in [-0.15, -0.1) is 11.3 Å². The zero-order valence-electron chi connectivity index (χ0n) is 16.8. The number of hydrogen-bond donors (Lipinski definition) is 1. The van der Waals surface area contributed by atoms with E-state index in [1.165, 1.54) is 11.1 Å². The molecular formula is C23H28N2O2S. The summed E-state index contributed by atoms with van der Waals surface area (Å²) in [5, 5.41) is 5.15. The van der Waals surface area contributed by atoms with Gasteiger partial charge in [0.25, 0.3) is 5.91 Å². The minimum Gasteiger partial charge on any atom is -0.376 e. The molecule has 148 valence electrons. The number of fused-ring (bicyclic) bond motifs is 1. The van der Waals surface area contributed by atoms with E-state index in [2.05, 4.69) is 66.4 Å². The summed E-state index contributed by atoms with van der Waals surface area (Å²) in [6, 6.07) is 12.8. The van der Waals surface area contributed by atoms with Crippen LogP contribution in [0, 0.1) is 0 Å². The Bertz CT molecular complexity index is 957. The molecule has 1 saturated heterocycles. The number of rotatable bonds is 5. The van der Waals surface area contributed by atoms with Crippen LogP contribution in [0.5, 0.6) is 0 Å². The first-order valence-corrected chi connectivity index (χ1v) is 10.9. The van der Waals surface area contributed by atoms with E-state index < -0.39 is 0 Å². The topological polar surface area (TPSA) is 43.3 Å². The highest BCUT2D eigenvalue weighted by molar-refractivity contribution is 7.17. The van der Waals surface area contributed by atoms with Crippen LogP contribution in [0.1, 0.15) is 55.2 Å². The van der Waals surface area contributed by atoms with Gasteiger partial charge < -0.3 is 14.6 Å². The Hall–Kier alpha value is -2.11. The molecular weight excluding hydrogens is 368 g/mol. The third-order valence-corrected chi connectivity index (χ3v) is 6.28. The summed E-state index contributed by atoms with van der Waals surface area (Å²) in [5.74, 6) is -0.0230. The van der Waals surface area contributed by atoms with Crippen molar-refractivity contribution >= 4 is 27.5 Å². The van der Waals surface area contributed by atoms with Crippen molar-refractivity contribution in [1.29, 1.82) is 0 Å². The molecule has 0 saturated carbocycles. The number of aromatic nitrogens is 1. The van der Waals surface area contributed by atoms with E-state index in [1.54, 1.807) is 11.3 Å². The third kappa shape index (κ3) is 4.01. The third-order valence-electron chi connectivity index (χ3n) is 5.43. The fourth-order valence-electron chi connectivity index (χ4n) is 3.73. The molecule has 0 bridgehead atoms. The number of nitrogens with zero attached hydrogens (tertiary/aromatic N) is 1. The molecule has 0 spiro atoms. The second-order valence-corrected chi connectivity index (χ2v) is 9.53. The Morgan fingerprint density at radius 2 is 2.04 bits per heavy atom. The maximum Gasteiger partial charge on any atom is 0.268 e. The number of nitrogens with one attached hydrogen (secondary N) is 1. The Kier molecular flexibility index (Phi) is 5.30. The molecule has 1 aliphatic heterocycles. The van der Waals surface area contributed by atoms with Gasteiger partial charge in [0, 0.05) is 19.7 Å². The minimum atomic E-state index is -0.0230. The summed E-state index contributed by atoms with van der Waals surface area (Å²) in [4.78, 5) is 12.9. The van der Waals surface area contributed by atoms with Gasteiger partial charge in [-0.2, -0.15) is 0 Å². The van der Waals surface area contributed by atoms with Crippen molar-refractivity contribution in [3.63, 3.8) is 0 Å². The van der Waals surface area contributed by atoms with Crippen LogP contribution in [0.15, 0.2) is 41.8 Å². The lowest BCUT2D eigenvalue weighted by molar-refractivity contribution is 0.0851. The summed E-state index contributed by atoms with van der Waals surface area (Å²) >= 11 is 1.67. The molecule has 1 atom stereocenters. The first kappa shape index (κ1) is 19.2. The first-order valence-electron chi connectivity index (χ1n) is 9.98. The van der Waals surface area contributed by atoms with Crippen molar-refractivity contribution in [2.24, 2.45) is 0 Å². The predicted molar refractivity (Wildman–Crippen MR) is 115 cm³/mol. The van der Waals surface area contributed by atoms with Crippen LogP contribution in [-0.2, 0) is 16.7 Å². The molecule has 3 heterocycles. The van der Waals surface area contributed by atoms with Crippen LogP contribution >= 0.6 is 11.3 Å². The molecule has 0 radical (unpaired) electrons. The van der Waals surface area contributed by atoms with E-state index in [4.69, 9.17) is 4.74 Å². The van der Waals surface area contributed by atoms with E-state index in [9.17, 15) is 4.79 Å². The van der Waals surface area contributed by atoms with Crippen molar-refractivity contribution in [3.05, 3.63) is 58.6 Å². The zero-order chi connectivity index (χ0) is 19.7. The number of carbonyl (C=O) groups excluding carboxylic acids is 1. The smallest absolute Gasteiger partial charge is 0.268 e. The monoisotopic (exact) mass is 396 g/mol. The molecule has 5 heteroatoms. The minimum absolute atomic E-state index is 0.0230. The van der Waals surface area contributed by atoms with E-state index in [-0.39, 0.29) is 17.4 Å². The first-order chi connectivity index (χ1) is 13.4. The van der Waals surface area contributed by atoms with Gasteiger partial charge >= 0.3 is 0 Å². The number of benzene rings is 1. The molecule has 28 heavy (non-hydrogen) atoms. The van der Waals surface area contributed by atoms with E-state index in [1.807, 2.05) is 6.07 Å². The number of thiophene rings is 1. The van der Waals surface area contributed by atoms with Gasteiger partial charge in [0.2, 0.25) is 0 Å². The number of carbonyl (C=O) groups is 1. The van der Waals surface area contributed by atoms with Gasteiger partial charge in [-0.25, -0.2) is 0 Å². The Morgan fingerprint density at radius 1 is 1.25 bits per heavy atom. The van der Waals surface area contributed by atoms with Crippen molar-refractivity contribution in [3.8, 4) is 0 Å². The van der Waals surface area contributed by atoms with Crippen LogP contribution in [0.3, 0.4) is 0 Å². The van der Waals surface area contributed by atoms with Crippen LogP contribution in [-0.4, -0.2) is 29.7 Å². The van der Waals surface area contributed by atoms with Gasteiger partial charge in [-0.1, -0.05) is 45.0 Å². The Balaban J connectivity index is 1.56. The molecule has 1 aliphatic rings. The van der Waals surface area contributed by atoms with E-state index in [0.717, 1.165) is 35.4 Å². The summed E-state index contributed by atoms with van der Waals surface area (Å²) < 4.78 is 8.90. The van der Waals surface area contributed by atoms with Gasteiger partial charge in [-0.05, 0) is 46.9 Å². The normalized spacial score (nSPS) is 17.3. The van der Waals surface area contributed by atoms with Gasteiger partial charge in [0.15, 0.2) is 0 Å². The molecule has 0 aliphatic carbocycles. The number of ether oxygens (including phenoxy) is 1. The number of hydrogen-bond acceptors (Lipinski definition) is 3. The van der Waals surface area contributed by atoms with Crippen LogP contribution in [0.2, 0.25) is 0 Å². The molecule has 1 N–H and O–H groups in total. The summed E-state index contributed by atoms with van der Waals surface area (Å²) in [7, 11) is 0. The standard InChI is InChI=1S/C23H28N2O2S/c1-23(2,3)17-8-6-16(7-9-17)15-25-19-10-12-28-21(19)13-20(25)22(26)24-14-18-5-4-11-27-18/h6-10,12-13,18H,4-5,11,14-15H2,1-3H3,(H,24,26)/t18-/m1/s1. The van der Waals surface area contributed by atoms with Crippen molar-refractivity contribution in [2.45, 2.75) is 51.7 Å². The lowest BCUT2D eigenvalue weighted by atomic mass is 9.87. The lowest BCUT2D eigenvalue weighted by Gasteiger charge is -2.19. The van der Waals surface area contributed by atoms with Crippen LogP contribution in [0.25, 0.3) is 10.2 Å². The SMILES string of the molecule is CC(C)(C)c1ccc(Cn2c(C(=O)NC[C@H]3CCCO3)cc3sccc32)cc1. The molecule has 3 aromatic rings. The highest BCUT2D eigenvalue weighted by Crippen LogP contribution is 2.27. The molecule has 0 unspecified atom stereocenters. The summed E-state index contributed by atoms with van der Waals surface area (Å²) in [5.41, 5.74) is 4.50. The van der Waals surface area contributed by atoms with Gasteiger partial charge in [-0.3, -0.25) is 4.79 Å². The highest BCUT2D eigenvalue weighted by Gasteiger charge is 2.20. The fraction of sp³-hybridized carbons (Fsp3) is 0.435. The lowest BCUT2D eigenvalue weighted by Crippen LogP contribution is -2.33. The maximum atomic E-state index is 12.9.